The molecule has 1 N–H and O–H groups in total. The van der Waals surface area contributed by atoms with Gasteiger partial charge in [0.1, 0.15) is 6.04 Å². The van der Waals surface area contributed by atoms with E-state index in [1.807, 2.05) is 16.9 Å². The van der Waals surface area contributed by atoms with Crippen molar-refractivity contribution in [2.75, 3.05) is 0 Å². The van der Waals surface area contributed by atoms with Gasteiger partial charge in [-0.1, -0.05) is 24.5 Å². The van der Waals surface area contributed by atoms with Gasteiger partial charge < -0.3 is 0 Å². The summed E-state index contributed by atoms with van der Waals surface area (Å²) in [5.41, 5.74) is 2.26. The highest BCUT2D eigenvalue weighted by Gasteiger charge is 2.45. The first-order valence-electron chi connectivity index (χ1n) is 10.3. The Morgan fingerprint density at radius 1 is 1.13 bits per heavy atom. The van der Waals surface area contributed by atoms with Crippen LogP contribution in [0, 0.1) is 12.3 Å². The zero-order chi connectivity index (χ0) is 22.0. The zero-order valence-corrected chi connectivity index (χ0v) is 17.0. The lowest BCUT2D eigenvalue weighted by atomic mass is 9.98. The largest absolute Gasteiger partial charge is 0.295 e. The van der Waals surface area contributed by atoms with Gasteiger partial charge in [0.25, 0.3) is 11.8 Å². The number of hydrogen-bond acceptors (Lipinski definition) is 5. The monoisotopic (exact) mass is 418 g/mol. The Balaban J connectivity index is 1.39. The smallest absolute Gasteiger partial charge is 0.262 e. The number of benzene rings is 1. The van der Waals surface area contributed by atoms with Gasteiger partial charge in [-0.2, -0.15) is 5.10 Å². The number of imide groups is 2. The molecule has 0 saturated carbocycles. The fourth-order valence-corrected chi connectivity index (χ4v) is 4.12. The topological polar surface area (TPSA) is 101 Å². The molecule has 1 saturated heterocycles. The average Bonchev–Trinajstić information content (AvgIpc) is 3.32. The number of amides is 4. The summed E-state index contributed by atoms with van der Waals surface area (Å²) in [5.74, 6) is 0.634. The van der Waals surface area contributed by atoms with Crippen LogP contribution < -0.4 is 5.32 Å². The SMILES string of the molecule is C#Cc1cnn(CCCCCc2cccc3c2C(=O)N(C2CCC(=O)NC2=O)C3=O)c1. The van der Waals surface area contributed by atoms with Gasteiger partial charge in [-0.05, 0) is 37.3 Å². The Morgan fingerprint density at radius 3 is 2.71 bits per heavy atom. The van der Waals surface area contributed by atoms with Crippen LogP contribution in [0.25, 0.3) is 0 Å². The Labute approximate surface area is 179 Å². The van der Waals surface area contributed by atoms with Crippen molar-refractivity contribution in [1.82, 2.24) is 20.0 Å². The Morgan fingerprint density at radius 2 is 1.97 bits per heavy atom. The normalized spacial score (nSPS) is 18.2. The van der Waals surface area contributed by atoms with E-state index >= 15 is 0 Å². The third-order valence-corrected chi connectivity index (χ3v) is 5.69. The van der Waals surface area contributed by atoms with Crippen LogP contribution >= 0.6 is 0 Å². The predicted octanol–water partition coefficient (Wildman–Crippen LogP) is 1.68. The molecule has 0 bridgehead atoms. The van der Waals surface area contributed by atoms with Crippen LogP contribution in [0.5, 0.6) is 0 Å². The van der Waals surface area contributed by atoms with Crippen LogP contribution in [0.4, 0.5) is 0 Å². The minimum atomic E-state index is -0.945. The second-order valence-corrected chi connectivity index (χ2v) is 7.73. The third kappa shape index (κ3) is 3.99. The molecule has 4 rings (SSSR count). The lowest BCUT2D eigenvalue weighted by molar-refractivity contribution is -0.136. The van der Waals surface area contributed by atoms with Crippen LogP contribution in [0.15, 0.2) is 30.6 Å². The Kier molecular flexibility index (Phi) is 5.67. The molecule has 1 aromatic heterocycles. The van der Waals surface area contributed by atoms with E-state index in [1.165, 1.54) is 0 Å². The number of carbonyl (C=O) groups is 4. The minimum Gasteiger partial charge on any atom is -0.295 e. The van der Waals surface area contributed by atoms with Crippen molar-refractivity contribution in [2.45, 2.75) is 51.1 Å². The molecule has 1 fully saturated rings. The molecule has 2 aromatic rings. The van der Waals surface area contributed by atoms with Crippen molar-refractivity contribution in [2.24, 2.45) is 0 Å². The lowest BCUT2D eigenvalue weighted by Crippen LogP contribution is -2.54. The van der Waals surface area contributed by atoms with E-state index in [2.05, 4.69) is 16.3 Å². The first-order chi connectivity index (χ1) is 15.0. The molecule has 2 aliphatic heterocycles. The second kappa shape index (κ2) is 8.56. The van der Waals surface area contributed by atoms with Gasteiger partial charge >= 0.3 is 0 Å². The van der Waals surface area contributed by atoms with Crippen molar-refractivity contribution in [3.8, 4) is 12.3 Å². The number of hydrogen-bond donors (Lipinski definition) is 1. The molecule has 31 heavy (non-hydrogen) atoms. The number of carbonyl (C=O) groups excluding carboxylic acids is 4. The molecular formula is C23H22N4O4. The molecule has 1 aromatic carbocycles. The molecule has 3 heterocycles. The van der Waals surface area contributed by atoms with Gasteiger partial charge in [-0.3, -0.25) is 34.1 Å². The summed E-state index contributed by atoms with van der Waals surface area (Å²) in [6, 6.07) is 4.29. The highest BCUT2D eigenvalue weighted by molar-refractivity contribution is 6.24. The van der Waals surface area contributed by atoms with E-state index in [0.29, 0.717) is 17.5 Å². The number of fused-ring (bicyclic) bond motifs is 1. The van der Waals surface area contributed by atoms with Gasteiger partial charge in [0.15, 0.2) is 0 Å². The summed E-state index contributed by atoms with van der Waals surface area (Å²) in [6.07, 6.45) is 12.4. The summed E-state index contributed by atoms with van der Waals surface area (Å²) in [4.78, 5) is 50.6. The van der Waals surface area contributed by atoms with E-state index in [-0.39, 0.29) is 18.7 Å². The molecule has 8 heteroatoms. The summed E-state index contributed by atoms with van der Waals surface area (Å²) >= 11 is 0. The number of piperidine rings is 1. The van der Waals surface area contributed by atoms with Crippen LogP contribution in [0.3, 0.4) is 0 Å². The molecule has 158 valence electrons. The maximum absolute atomic E-state index is 13.1. The number of nitrogens with one attached hydrogen (secondary N) is 1. The van der Waals surface area contributed by atoms with Gasteiger partial charge in [-0.25, -0.2) is 0 Å². The number of unbranched alkanes of at least 4 members (excludes halogenated alkanes) is 2. The molecule has 4 amide bonds. The number of rotatable bonds is 7. The summed E-state index contributed by atoms with van der Waals surface area (Å²) in [5, 5.41) is 6.42. The lowest BCUT2D eigenvalue weighted by Gasteiger charge is -2.27. The molecule has 2 aliphatic rings. The maximum atomic E-state index is 13.1. The molecule has 8 nitrogen and oxygen atoms in total. The first-order valence-corrected chi connectivity index (χ1v) is 10.3. The molecule has 0 aliphatic carbocycles. The molecule has 0 radical (unpaired) electrons. The van der Waals surface area contributed by atoms with Crippen LogP contribution in [-0.4, -0.2) is 44.4 Å². The highest BCUT2D eigenvalue weighted by atomic mass is 16.2. The number of aryl methyl sites for hydroxylation is 2. The van der Waals surface area contributed by atoms with E-state index in [4.69, 9.17) is 6.42 Å². The Bertz CT molecular complexity index is 1110. The van der Waals surface area contributed by atoms with Crippen molar-refractivity contribution in [3.63, 3.8) is 0 Å². The maximum Gasteiger partial charge on any atom is 0.262 e. The molecule has 0 spiro atoms. The van der Waals surface area contributed by atoms with E-state index < -0.39 is 23.8 Å². The predicted molar refractivity (Wildman–Crippen MR) is 111 cm³/mol. The van der Waals surface area contributed by atoms with Crippen molar-refractivity contribution in [1.29, 1.82) is 0 Å². The van der Waals surface area contributed by atoms with Crippen LogP contribution in [0.2, 0.25) is 0 Å². The molecule has 1 atom stereocenters. The molecule has 1 unspecified atom stereocenters. The van der Waals surface area contributed by atoms with Gasteiger partial charge in [0, 0.05) is 19.2 Å². The van der Waals surface area contributed by atoms with E-state index in [1.54, 1.807) is 18.3 Å². The van der Waals surface area contributed by atoms with Crippen molar-refractivity contribution >= 4 is 23.6 Å². The second-order valence-electron chi connectivity index (χ2n) is 7.73. The number of aromatic nitrogens is 2. The number of nitrogens with zero attached hydrogens (tertiary/aromatic N) is 3. The van der Waals surface area contributed by atoms with Gasteiger partial charge in [0.05, 0.1) is 22.9 Å². The van der Waals surface area contributed by atoms with E-state index in [0.717, 1.165) is 41.8 Å². The Hall–Kier alpha value is -3.73. The van der Waals surface area contributed by atoms with Gasteiger partial charge in [0.2, 0.25) is 11.8 Å². The van der Waals surface area contributed by atoms with E-state index in [9.17, 15) is 19.2 Å². The highest BCUT2D eigenvalue weighted by Crippen LogP contribution is 2.30. The fourth-order valence-electron chi connectivity index (χ4n) is 4.12. The first kappa shape index (κ1) is 20.5. The number of terminal acetylenes is 1. The third-order valence-electron chi connectivity index (χ3n) is 5.69. The van der Waals surface area contributed by atoms with Crippen LogP contribution in [0.1, 0.15) is 63.9 Å². The zero-order valence-electron chi connectivity index (χ0n) is 17.0. The summed E-state index contributed by atoms with van der Waals surface area (Å²) in [7, 11) is 0. The summed E-state index contributed by atoms with van der Waals surface area (Å²) in [6.45, 7) is 0.759. The van der Waals surface area contributed by atoms with Crippen molar-refractivity contribution in [3.05, 3.63) is 52.8 Å². The fraction of sp³-hybridized carbons (Fsp3) is 0.348. The van der Waals surface area contributed by atoms with Gasteiger partial charge in [-0.15, -0.1) is 6.42 Å². The molecular weight excluding hydrogens is 396 g/mol. The standard InChI is InChI=1S/C23H22N4O4/c1-2-15-13-24-26(14-15)12-5-3-4-7-16-8-6-9-17-20(16)23(31)27(22(17)30)18-10-11-19(28)25-21(18)29/h1,6,8-9,13-14,18H,3-5,7,10-12H2,(H,25,28,29). The van der Waals surface area contributed by atoms with Crippen molar-refractivity contribution < 1.29 is 19.2 Å². The van der Waals surface area contributed by atoms with Crippen LogP contribution in [-0.2, 0) is 22.6 Å². The summed E-state index contributed by atoms with van der Waals surface area (Å²) < 4.78 is 1.81. The minimum absolute atomic E-state index is 0.107. The average molecular weight is 418 g/mol. The quantitative estimate of drug-likeness (QED) is 0.419.